The summed E-state index contributed by atoms with van der Waals surface area (Å²) in [5.74, 6) is -1.17. The van der Waals surface area contributed by atoms with Crippen molar-refractivity contribution < 1.29 is 23.5 Å². The first-order valence-corrected chi connectivity index (χ1v) is 13.4. The van der Waals surface area contributed by atoms with Crippen LogP contribution in [0, 0.1) is 17.1 Å². The SMILES string of the molecule is COC(=O)Nc1ccc2c(c1)NC(=O)CC/C=C\C[C@H](NC(=O)c1cnn(-c3cccc(Cl)c3F)c1)c1nc(C#N)c-2[nH]1. The number of rotatable bonds is 4. The zero-order chi connectivity index (χ0) is 30.5. The highest BCUT2D eigenvalue weighted by Gasteiger charge is 2.24. The van der Waals surface area contributed by atoms with Gasteiger partial charge < -0.3 is 20.4 Å². The van der Waals surface area contributed by atoms with Crippen LogP contribution >= 0.6 is 11.6 Å². The fourth-order valence-corrected chi connectivity index (χ4v) is 4.61. The lowest BCUT2D eigenvalue weighted by Gasteiger charge is -2.15. The van der Waals surface area contributed by atoms with E-state index in [0.717, 1.165) is 0 Å². The summed E-state index contributed by atoms with van der Waals surface area (Å²) in [4.78, 5) is 45.3. The van der Waals surface area contributed by atoms with Crippen molar-refractivity contribution in [2.45, 2.75) is 25.3 Å². The number of methoxy groups -OCH3 is 1. The van der Waals surface area contributed by atoms with Crippen molar-refractivity contribution in [1.29, 1.82) is 5.26 Å². The minimum atomic E-state index is -0.705. The molecule has 0 aliphatic carbocycles. The van der Waals surface area contributed by atoms with E-state index in [1.54, 1.807) is 30.3 Å². The number of nitrogens with zero attached hydrogens (tertiary/aromatic N) is 4. The topological polar surface area (TPSA) is 167 Å². The van der Waals surface area contributed by atoms with Crippen LogP contribution in [-0.2, 0) is 9.53 Å². The Hall–Kier alpha value is -5.48. The Kier molecular flexibility index (Phi) is 8.49. The second-order valence-corrected chi connectivity index (χ2v) is 9.81. The zero-order valence-corrected chi connectivity index (χ0v) is 23.4. The molecule has 12 nitrogen and oxygen atoms in total. The number of allylic oxidation sites excluding steroid dienone is 1. The van der Waals surface area contributed by atoms with Gasteiger partial charge in [0.25, 0.3) is 5.91 Å². The van der Waals surface area contributed by atoms with Crippen molar-refractivity contribution in [2.24, 2.45) is 0 Å². The molecule has 0 radical (unpaired) electrons. The molecule has 2 aromatic carbocycles. The molecule has 0 spiro atoms. The summed E-state index contributed by atoms with van der Waals surface area (Å²) in [6.07, 6.45) is 6.48. The summed E-state index contributed by atoms with van der Waals surface area (Å²) in [6, 6.07) is 10.6. The standard InChI is InChI=1S/C29H24ClFN8O4/c1-43-29(42)34-17-10-11-18-21(12-17)35-24(40)9-4-2-3-7-20(27-36-22(13-32)26(18)38-27)37-28(41)16-14-33-39(15-16)23-8-5-6-19(30)25(23)31/h2-3,5-6,8,10-12,14-15,20H,4,7,9H2,1H3,(H,34,42)(H,35,40)(H,36,38)(H,37,41)/b3-2-/t20-/m0/s1. The van der Waals surface area contributed by atoms with E-state index in [-0.39, 0.29) is 40.7 Å². The Balaban J connectivity index is 1.49. The van der Waals surface area contributed by atoms with Gasteiger partial charge in [-0.25, -0.2) is 18.9 Å². The van der Waals surface area contributed by atoms with E-state index in [0.29, 0.717) is 34.9 Å². The maximum Gasteiger partial charge on any atom is 0.411 e. The lowest BCUT2D eigenvalue weighted by Crippen LogP contribution is -2.29. The first kappa shape index (κ1) is 29.0. The molecule has 2 aromatic heterocycles. The van der Waals surface area contributed by atoms with Gasteiger partial charge in [0.1, 0.15) is 17.6 Å². The molecule has 5 rings (SSSR count). The summed E-state index contributed by atoms with van der Waals surface area (Å²) in [5.41, 5.74) is 1.71. The number of halogens is 2. The number of aromatic nitrogens is 4. The number of hydrogen-bond acceptors (Lipinski definition) is 7. The molecule has 1 aliphatic rings. The summed E-state index contributed by atoms with van der Waals surface area (Å²) < 4.78 is 20.4. The lowest BCUT2D eigenvalue weighted by atomic mass is 10.1. The van der Waals surface area contributed by atoms with Crippen molar-refractivity contribution in [3.63, 3.8) is 0 Å². The molecule has 4 N–H and O–H groups in total. The van der Waals surface area contributed by atoms with E-state index < -0.39 is 23.9 Å². The molecule has 0 fully saturated rings. The third kappa shape index (κ3) is 6.39. The van der Waals surface area contributed by atoms with E-state index in [2.05, 4.69) is 41.8 Å². The normalized spacial score (nSPS) is 15.4. The second-order valence-electron chi connectivity index (χ2n) is 9.40. The highest BCUT2D eigenvalue weighted by atomic mass is 35.5. The van der Waals surface area contributed by atoms with Crippen molar-refractivity contribution in [2.75, 3.05) is 17.7 Å². The minimum Gasteiger partial charge on any atom is -0.453 e. The number of imidazole rings is 1. The monoisotopic (exact) mass is 602 g/mol. The summed E-state index contributed by atoms with van der Waals surface area (Å²) in [6.45, 7) is 0. The van der Waals surface area contributed by atoms with Gasteiger partial charge in [0.2, 0.25) is 5.91 Å². The Morgan fingerprint density at radius 3 is 2.88 bits per heavy atom. The lowest BCUT2D eigenvalue weighted by molar-refractivity contribution is -0.116. The van der Waals surface area contributed by atoms with Gasteiger partial charge in [-0.15, -0.1) is 0 Å². The summed E-state index contributed by atoms with van der Waals surface area (Å²) >= 11 is 5.89. The molecule has 43 heavy (non-hydrogen) atoms. The van der Waals surface area contributed by atoms with Gasteiger partial charge in [0.15, 0.2) is 11.5 Å². The Bertz CT molecular complexity index is 1790. The maximum absolute atomic E-state index is 14.5. The Morgan fingerprint density at radius 1 is 1.26 bits per heavy atom. The molecule has 3 amide bonds. The van der Waals surface area contributed by atoms with Crippen molar-refractivity contribution >= 4 is 40.9 Å². The van der Waals surface area contributed by atoms with Crippen molar-refractivity contribution in [1.82, 2.24) is 25.1 Å². The van der Waals surface area contributed by atoms with Crippen LogP contribution in [0.2, 0.25) is 5.02 Å². The van der Waals surface area contributed by atoms with E-state index in [1.807, 2.05) is 6.08 Å². The van der Waals surface area contributed by atoms with Gasteiger partial charge in [-0.2, -0.15) is 10.4 Å². The quantitative estimate of drug-likeness (QED) is 0.231. The molecule has 1 atom stereocenters. The first-order chi connectivity index (χ1) is 20.8. The zero-order valence-electron chi connectivity index (χ0n) is 22.6. The average Bonchev–Trinajstić information content (AvgIpc) is 3.66. The predicted molar refractivity (Wildman–Crippen MR) is 155 cm³/mol. The molecule has 14 heteroatoms. The molecule has 2 bridgehead atoms. The Morgan fingerprint density at radius 2 is 2.09 bits per heavy atom. The van der Waals surface area contributed by atoms with E-state index in [1.165, 1.54) is 36.3 Å². The number of hydrogen-bond donors (Lipinski definition) is 4. The van der Waals surface area contributed by atoms with Gasteiger partial charge in [-0.05, 0) is 43.2 Å². The highest BCUT2D eigenvalue weighted by molar-refractivity contribution is 6.30. The number of carbonyl (C=O) groups is 3. The number of fused-ring (bicyclic) bond motifs is 4. The van der Waals surface area contributed by atoms with Gasteiger partial charge in [0.05, 0.1) is 41.3 Å². The van der Waals surface area contributed by atoms with E-state index in [9.17, 15) is 24.0 Å². The number of anilines is 2. The number of nitriles is 1. The van der Waals surface area contributed by atoms with Crippen LogP contribution in [-0.4, -0.2) is 44.8 Å². The number of amides is 3. The van der Waals surface area contributed by atoms with Crippen LogP contribution in [0.4, 0.5) is 20.6 Å². The van der Waals surface area contributed by atoms with Crippen molar-refractivity contribution in [3.05, 3.63) is 88.9 Å². The smallest absolute Gasteiger partial charge is 0.411 e. The third-order valence-corrected chi connectivity index (χ3v) is 6.85. The van der Waals surface area contributed by atoms with Crippen LogP contribution in [0.3, 0.4) is 0 Å². The molecule has 0 saturated carbocycles. The number of carbonyl (C=O) groups excluding carboxylic acids is 3. The summed E-state index contributed by atoms with van der Waals surface area (Å²) in [7, 11) is 1.23. The van der Waals surface area contributed by atoms with E-state index >= 15 is 0 Å². The van der Waals surface area contributed by atoms with E-state index in [4.69, 9.17) is 11.6 Å². The molecule has 218 valence electrons. The minimum absolute atomic E-state index is 0.0312. The largest absolute Gasteiger partial charge is 0.453 e. The van der Waals surface area contributed by atoms with Crippen LogP contribution in [0.15, 0.2) is 60.9 Å². The fraction of sp³-hybridized carbons (Fsp3) is 0.172. The van der Waals surface area contributed by atoms with Crippen molar-refractivity contribution in [3.8, 4) is 23.0 Å². The van der Waals surface area contributed by atoms with Gasteiger partial charge in [-0.1, -0.05) is 29.8 Å². The fourth-order valence-electron chi connectivity index (χ4n) is 4.44. The maximum atomic E-state index is 14.5. The van der Waals surface area contributed by atoms with Crippen LogP contribution in [0.1, 0.15) is 47.2 Å². The average molecular weight is 603 g/mol. The molecule has 3 heterocycles. The molecule has 0 unspecified atom stereocenters. The summed E-state index contributed by atoms with van der Waals surface area (Å²) in [5, 5.41) is 22.2. The Labute approximate surface area is 249 Å². The van der Waals surface area contributed by atoms with Crippen LogP contribution < -0.4 is 16.0 Å². The number of H-pyrrole nitrogens is 1. The third-order valence-electron chi connectivity index (χ3n) is 6.56. The number of benzene rings is 2. The van der Waals surface area contributed by atoms with Gasteiger partial charge >= 0.3 is 6.09 Å². The molecule has 0 saturated heterocycles. The predicted octanol–water partition coefficient (Wildman–Crippen LogP) is 5.25. The second kappa shape index (κ2) is 12.6. The van der Waals surface area contributed by atoms with Gasteiger partial charge in [0, 0.05) is 23.9 Å². The molecular weight excluding hydrogens is 579 g/mol. The van der Waals surface area contributed by atoms with Gasteiger partial charge in [-0.3, -0.25) is 14.9 Å². The first-order valence-electron chi connectivity index (χ1n) is 13.0. The number of ether oxygens (including phenoxy) is 1. The number of nitrogens with one attached hydrogen (secondary N) is 4. The molecule has 4 aromatic rings. The number of aromatic amines is 1. The molecule has 1 aliphatic heterocycles. The van der Waals surface area contributed by atoms with Crippen LogP contribution in [0.5, 0.6) is 0 Å². The van der Waals surface area contributed by atoms with Crippen LogP contribution in [0.25, 0.3) is 16.9 Å². The highest BCUT2D eigenvalue weighted by Crippen LogP contribution is 2.34. The molecular formula is C29H24ClFN8O4.